The second kappa shape index (κ2) is 5.13. The van der Waals surface area contributed by atoms with Crippen LogP contribution in [0.3, 0.4) is 0 Å². The lowest BCUT2D eigenvalue weighted by Crippen LogP contribution is -2.21. The van der Waals surface area contributed by atoms with Gasteiger partial charge in [0.05, 0.1) is 0 Å². The lowest BCUT2D eigenvalue weighted by atomic mass is 10.2. The van der Waals surface area contributed by atoms with Gasteiger partial charge < -0.3 is 5.32 Å². The van der Waals surface area contributed by atoms with Crippen LogP contribution in [-0.2, 0) is 0 Å². The molecule has 0 bridgehead atoms. The van der Waals surface area contributed by atoms with Crippen LogP contribution in [0.25, 0.3) is 0 Å². The third kappa shape index (κ3) is 3.18. The highest BCUT2D eigenvalue weighted by Crippen LogP contribution is 2.09. The van der Waals surface area contributed by atoms with Crippen LogP contribution in [0, 0.1) is 6.92 Å². The van der Waals surface area contributed by atoms with Gasteiger partial charge in [-0.25, -0.2) is 9.89 Å². The van der Waals surface area contributed by atoms with Crippen LogP contribution >= 0.6 is 0 Å². The maximum atomic E-state index is 11.6. The molecule has 1 aromatic heterocycles. The van der Waals surface area contributed by atoms with Crippen molar-refractivity contribution >= 4 is 17.5 Å². The van der Waals surface area contributed by atoms with E-state index in [2.05, 4.69) is 20.8 Å². The molecule has 2 amide bonds. The molecule has 0 radical (unpaired) electrons. The molecule has 6 heteroatoms. The van der Waals surface area contributed by atoms with E-state index in [1.165, 1.54) is 12.1 Å². The number of aromatic amines is 1. The van der Waals surface area contributed by atoms with E-state index in [9.17, 15) is 9.59 Å². The maximum Gasteiger partial charge on any atom is 0.324 e. The Bertz CT molecular complexity index is 584. The number of nitrogens with one attached hydrogen (secondary N) is 3. The number of anilines is 2. The number of hydrogen-bond donors (Lipinski definition) is 3. The molecule has 0 unspecified atom stereocenters. The standard InChI is InChI=1S/C12H12N4O2/c1-8-2-4-9(5-3-8)13-12(18)14-10-6-7-11(17)16-15-10/h2-7H,1H3,(H,16,17)(H2,13,14,15,18). The topological polar surface area (TPSA) is 86.9 Å². The summed E-state index contributed by atoms with van der Waals surface area (Å²) in [5, 5.41) is 11.0. The minimum atomic E-state index is -0.418. The van der Waals surface area contributed by atoms with Crippen molar-refractivity contribution in [3.05, 3.63) is 52.3 Å². The van der Waals surface area contributed by atoms with Crippen molar-refractivity contribution in [1.29, 1.82) is 0 Å². The first-order valence-electron chi connectivity index (χ1n) is 5.34. The monoisotopic (exact) mass is 244 g/mol. The van der Waals surface area contributed by atoms with Crippen molar-refractivity contribution in [1.82, 2.24) is 10.2 Å². The van der Waals surface area contributed by atoms with Crippen LogP contribution < -0.4 is 16.2 Å². The normalized spacial score (nSPS) is 9.83. The fourth-order valence-electron chi connectivity index (χ4n) is 1.33. The number of carbonyl (C=O) groups is 1. The summed E-state index contributed by atoms with van der Waals surface area (Å²) in [7, 11) is 0. The Morgan fingerprint density at radius 3 is 2.44 bits per heavy atom. The van der Waals surface area contributed by atoms with Gasteiger partial charge in [0.2, 0.25) is 0 Å². The largest absolute Gasteiger partial charge is 0.324 e. The minimum absolute atomic E-state index is 0.277. The van der Waals surface area contributed by atoms with E-state index in [-0.39, 0.29) is 11.4 Å². The van der Waals surface area contributed by atoms with Crippen molar-refractivity contribution in [2.45, 2.75) is 6.92 Å². The van der Waals surface area contributed by atoms with Gasteiger partial charge in [0, 0.05) is 11.8 Å². The Kier molecular flexibility index (Phi) is 3.38. The number of hydrogen-bond acceptors (Lipinski definition) is 3. The lowest BCUT2D eigenvalue weighted by Gasteiger charge is -2.06. The number of rotatable bonds is 2. The molecule has 1 heterocycles. The molecule has 0 aliphatic rings. The number of nitrogens with zero attached hydrogens (tertiary/aromatic N) is 1. The molecule has 0 fully saturated rings. The van der Waals surface area contributed by atoms with Gasteiger partial charge in [0.15, 0.2) is 5.82 Å². The molecule has 0 aliphatic heterocycles. The summed E-state index contributed by atoms with van der Waals surface area (Å²) >= 11 is 0. The third-order valence-electron chi connectivity index (χ3n) is 2.23. The molecule has 0 atom stereocenters. The third-order valence-corrected chi connectivity index (χ3v) is 2.23. The fourth-order valence-corrected chi connectivity index (χ4v) is 1.33. The number of aryl methyl sites for hydroxylation is 1. The Labute approximate surface area is 103 Å². The molecular formula is C12H12N4O2. The average molecular weight is 244 g/mol. The predicted molar refractivity (Wildman–Crippen MR) is 68.7 cm³/mol. The molecular weight excluding hydrogens is 232 g/mol. The van der Waals surface area contributed by atoms with E-state index >= 15 is 0 Å². The van der Waals surface area contributed by atoms with Crippen LogP contribution in [0.15, 0.2) is 41.2 Å². The molecule has 2 aromatic rings. The number of amides is 2. The summed E-state index contributed by atoms with van der Waals surface area (Å²) in [6.45, 7) is 1.97. The maximum absolute atomic E-state index is 11.6. The zero-order valence-electron chi connectivity index (χ0n) is 9.73. The minimum Gasteiger partial charge on any atom is -0.308 e. The van der Waals surface area contributed by atoms with Gasteiger partial charge in [0.1, 0.15) is 0 Å². The zero-order valence-corrected chi connectivity index (χ0v) is 9.73. The van der Waals surface area contributed by atoms with Crippen molar-refractivity contribution in [2.24, 2.45) is 0 Å². The van der Waals surface area contributed by atoms with Crippen LogP contribution in [-0.4, -0.2) is 16.2 Å². The Hall–Kier alpha value is -2.63. The van der Waals surface area contributed by atoms with Gasteiger partial charge >= 0.3 is 6.03 Å². The van der Waals surface area contributed by atoms with E-state index in [1.54, 1.807) is 12.1 Å². The van der Waals surface area contributed by atoms with E-state index in [0.717, 1.165) is 5.56 Å². The van der Waals surface area contributed by atoms with Crippen molar-refractivity contribution in [3.8, 4) is 0 Å². The second-order valence-corrected chi connectivity index (χ2v) is 3.75. The molecule has 1 aromatic carbocycles. The fraction of sp³-hybridized carbons (Fsp3) is 0.0833. The summed E-state index contributed by atoms with van der Waals surface area (Å²) in [5.74, 6) is 0.277. The first kappa shape index (κ1) is 11.8. The first-order valence-corrected chi connectivity index (χ1v) is 5.34. The molecule has 2 rings (SSSR count). The molecule has 0 aliphatic carbocycles. The van der Waals surface area contributed by atoms with Gasteiger partial charge in [-0.15, -0.1) is 0 Å². The first-order chi connectivity index (χ1) is 8.63. The van der Waals surface area contributed by atoms with Crippen molar-refractivity contribution in [3.63, 3.8) is 0 Å². The second-order valence-electron chi connectivity index (χ2n) is 3.75. The molecule has 6 nitrogen and oxygen atoms in total. The van der Waals surface area contributed by atoms with E-state index in [1.807, 2.05) is 19.1 Å². The molecule has 0 saturated heterocycles. The van der Waals surface area contributed by atoms with Crippen LogP contribution in [0.2, 0.25) is 0 Å². The van der Waals surface area contributed by atoms with E-state index in [4.69, 9.17) is 0 Å². The van der Waals surface area contributed by atoms with Crippen LogP contribution in [0.1, 0.15) is 5.56 Å². The number of carbonyl (C=O) groups excluding carboxylic acids is 1. The summed E-state index contributed by atoms with van der Waals surface area (Å²) < 4.78 is 0. The summed E-state index contributed by atoms with van der Waals surface area (Å²) in [5.41, 5.74) is 1.48. The number of urea groups is 1. The smallest absolute Gasteiger partial charge is 0.308 e. The number of benzene rings is 1. The Morgan fingerprint density at radius 2 is 1.83 bits per heavy atom. The summed E-state index contributed by atoms with van der Waals surface area (Å²) in [4.78, 5) is 22.4. The quantitative estimate of drug-likeness (QED) is 0.751. The van der Waals surface area contributed by atoms with Crippen molar-refractivity contribution < 1.29 is 4.79 Å². The van der Waals surface area contributed by atoms with Gasteiger partial charge in [-0.1, -0.05) is 17.7 Å². The Balaban J connectivity index is 1.98. The SMILES string of the molecule is Cc1ccc(NC(=O)Nc2ccc(=O)[nH]n2)cc1. The van der Waals surface area contributed by atoms with E-state index in [0.29, 0.717) is 5.69 Å². The van der Waals surface area contributed by atoms with Gasteiger partial charge in [0.25, 0.3) is 5.56 Å². The molecule has 3 N–H and O–H groups in total. The predicted octanol–water partition coefficient (Wildman–Crippen LogP) is 1.72. The highest BCUT2D eigenvalue weighted by atomic mass is 16.2. The highest BCUT2D eigenvalue weighted by Gasteiger charge is 2.03. The molecule has 92 valence electrons. The van der Waals surface area contributed by atoms with Crippen molar-refractivity contribution in [2.75, 3.05) is 10.6 Å². The molecule has 0 saturated carbocycles. The molecule has 18 heavy (non-hydrogen) atoms. The van der Waals surface area contributed by atoms with Gasteiger partial charge in [-0.2, -0.15) is 5.10 Å². The molecule has 0 spiro atoms. The summed E-state index contributed by atoms with van der Waals surface area (Å²) in [6, 6.07) is 9.69. The van der Waals surface area contributed by atoms with E-state index < -0.39 is 6.03 Å². The average Bonchev–Trinajstić information content (AvgIpc) is 2.35. The number of H-pyrrole nitrogens is 1. The van der Waals surface area contributed by atoms with Gasteiger partial charge in [-0.05, 0) is 25.1 Å². The van der Waals surface area contributed by atoms with Crippen LogP contribution in [0.5, 0.6) is 0 Å². The summed E-state index contributed by atoms with van der Waals surface area (Å²) in [6.07, 6.45) is 0. The zero-order chi connectivity index (χ0) is 13.0. The van der Waals surface area contributed by atoms with Crippen LogP contribution in [0.4, 0.5) is 16.3 Å². The van der Waals surface area contributed by atoms with Gasteiger partial charge in [-0.3, -0.25) is 10.1 Å². The highest BCUT2D eigenvalue weighted by molar-refractivity contribution is 5.99. The Morgan fingerprint density at radius 1 is 1.11 bits per heavy atom. The lowest BCUT2D eigenvalue weighted by molar-refractivity contribution is 0.262. The number of aromatic nitrogens is 2.